The number of benzene rings is 1. The average molecular weight is 203 g/mol. The van der Waals surface area contributed by atoms with Gasteiger partial charge in [-0.2, -0.15) is 0 Å². The number of rotatable bonds is 2. The van der Waals surface area contributed by atoms with E-state index >= 15 is 0 Å². The van der Waals surface area contributed by atoms with Crippen molar-refractivity contribution in [3.8, 4) is 0 Å². The van der Waals surface area contributed by atoms with Crippen LogP contribution in [0.3, 0.4) is 0 Å². The number of nitro benzene ring substituents is 1. The molecule has 0 saturated heterocycles. The third-order valence-electron chi connectivity index (χ3n) is 1.38. The summed E-state index contributed by atoms with van der Waals surface area (Å²) in [7, 11) is -1.66. The highest BCUT2D eigenvalue weighted by molar-refractivity contribution is 6.58. The number of nitro groups is 1. The zero-order valence-electron chi connectivity index (χ0n) is 6.45. The van der Waals surface area contributed by atoms with Gasteiger partial charge >= 0.3 is 7.12 Å². The van der Waals surface area contributed by atoms with Crippen molar-refractivity contribution in [1.29, 1.82) is 0 Å². The Bertz CT molecular complexity index is 306. The van der Waals surface area contributed by atoms with E-state index in [0.717, 1.165) is 6.07 Å². The molecule has 70 valence electrons. The molecule has 0 radical (unpaired) electrons. The molecule has 7 heteroatoms. The molecule has 0 unspecified atom stereocenters. The first kappa shape index (κ1) is 11.9. The van der Waals surface area contributed by atoms with Crippen molar-refractivity contribution in [2.45, 2.75) is 0 Å². The van der Waals surface area contributed by atoms with E-state index in [0.29, 0.717) is 0 Å². The SMILES string of the molecule is Cl.O=[N+]([O-])c1cccc(B(O)O)c1. The van der Waals surface area contributed by atoms with Crippen LogP contribution in [0.25, 0.3) is 0 Å². The lowest BCUT2D eigenvalue weighted by molar-refractivity contribution is -0.384. The van der Waals surface area contributed by atoms with E-state index in [-0.39, 0.29) is 23.6 Å². The number of nitrogens with zero attached hydrogens (tertiary/aromatic N) is 1. The van der Waals surface area contributed by atoms with Gasteiger partial charge < -0.3 is 10.0 Å². The zero-order chi connectivity index (χ0) is 9.14. The minimum atomic E-state index is -1.66. The molecule has 0 aliphatic carbocycles. The Morgan fingerprint density at radius 3 is 2.46 bits per heavy atom. The summed E-state index contributed by atoms with van der Waals surface area (Å²) in [5.74, 6) is 0. The monoisotopic (exact) mass is 203 g/mol. The average Bonchev–Trinajstić information content (AvgIpc) is 2.04. The molecule has 1 rings (SSSR count). The van der Waals surface area contributed by atoms with Crippen molar-refractivity contribution in [2.75, 3.05) is 0 Å². The van der Waals surface area contributed by atoms with Crippen molar-refractivity contribution < 1.29 is 15.0 Å². The van der Waals surface area contributed by atoms with Gasteiger partial charge in [-0.1, -0.05) is 12.1 Å². The van der Waals surface area contributed by atoms with Crippen molar-refractivity contribution in [1.82, 2.24) is 0 Å². The second-order valence-electron chi connectivity index (χ2n) is 2.23. The van der Waals surface area contributed by atoms with E-state index < -0.39 is 12.0 Å². The zero-order valence-corrected chi connectivity index (χ0v) is 7.27. The van der Waals surface area contributed by atoms with E-state index in [1.807, 2.05) is 0 Å². The maximum absolute atomic E-state index is 10.2. The number of hydrogen-bond acceptors (Lipinski definition) is 4. The van der Waals surface area contributed by atoms with Gasteiger partial charge in [0, 0.05) is 12.1 Å². The highest BCUT2D eigenvalue weighted by Crippen LogP contribution is 2.06. The van der Waals surface area contributed by atoms with Gasteiger partial charge in [0.2, 0.25) is 0 Å². The number of hydrogen-bond donors (Lipinski definition) is 2. The van der Waals surface area contributed by atoms with Gasteiger partial charge in [0.05, 0.1) is 4.92 Å². The fourth-order valence-electron chi connectivity index (χ4n) is 0.799. The Hall–Kier alpha value is -1.11. The lowest BCUT2D eigenvalue weighted by atomic mass is 9.80. The second-order valence-corrected chi connectivity index (χ2v) is 2.23. The summed E-state index contributed by atoms with van der Waals surface area (Å²) < 4.78 is 0. The van der Waals surface area contributed by atoms with E-state index in [1.165, 1.54) is 18.2 Å². The third kappa shape index (κ3) is 3.02. The topological polar surface area (TPSA) is 83.6 Å². The van der Waals surface area contributed by atoms with Crippen LogP contribution in [0.15, 0.2) is 24.3 Å². The Kier molecular flexibility index (Phi) is 4.40. The molecule has 0 atom stereocenters. The van der Waals surface area contributed by atoms with Gasteiger partial charge in [-0.3, -0.25) is 10.1 Å². The highest BCUT2D eigenvalue weighted by atomic mass is 35.5. The normalized spacial score (nSPS) is 8.77. The van der Waals surface area contributed by atoms with Crippen LogP contribution in [-0.4, -0.2) is 22.1 Å². The van der Waals surface area contributed by atoms with Gasteiger partial charge in [0.15, 0.2) is 0 Å². The Labute approximate surface area is 80.7 Å². The summed E-state index contributed by atoms with van der Waals surface area (Å²) in [4.78, 5) is 9.63. The maximum atomic E-state index is 10.2. The summed E-state index contributed by atoms with van der Waals surface area (Å²) >= 11 is 0. The van der Waals surface area contributed by atoms with E-state index in [9.17, 15) is 10.1 Å². The van der Waals surface area contributed by atoms with Crippen LogP contribution in [0.5, 0.6) is 0 Å². The molecular formula is C6H7BClNO4. The summed E-state index contributed by atoms with van der Waals surface area (Å²) in [5, 5.41) is 27.5. The van der Waals surface area contributed by atoms with Crippen LogP contribution < -0.4 is 5.46 Å². The fourth-order valence-corrected chi connectivity index (χ4v) is 0.799. The predicted octanol–water partition coefficient (Wildman–Crippen LogP) is -0.304. The van der Waals surface area contributed by atoms with E-state index in [2.05, 4.69) is 0 Å². The summed E-state index contributed by atoms with van der Waals surface area (Å²) in [6.45, 7) is 0. The quantitative estimate of drug-likeness (QED) is 0.392. The molecule has 0 heterocycles. The minimum absolute atomic E-state index is 0. The molecule has 0 aromatic heterocycles. The Balaban J connectivity index is 0.00000144. The van der Waals surface area contributed by atoms with Crippen LogP contribution >= 0.6 is 12.4 Å². The van der Waals surface area contributed by atoms with Crippen LogP contribution in [0.4, 0.5) is 5.69 Å². The molecule has 0 aliphatic rings. The molecule has 1 aromatic rings. The molecular weight excluding hydrogens is 196 g/mol. The summed E-state index contributed by atoms with van der Waals surface area (Å²) in [6.07, 6.45) is 0. The van der Waals surface area contributed by atoms with Crippen molar-refractivity contribution in [3.05, 3.63) is 34.4 Å². The smallest absolute Gasteiger partial charge is 0.423 e. The first-order valence-corrected chi connectivity index (χ1v) is 3.22. The van der Waals surface area contributed by atoms with Gasteiger partial charge in [-0.15, -0.1) is 12.4 Å². The lowest BCUT2D eigenvalue weighted by Crippen LogP contribution is -2.29. The lowest BCUT2D eigenvalue weighted by Gasteiger charge is -1.97. The van der Waals surface area contributed by atoms with Crippen molar-refractivity contribution >= 4 is 30.7 Å². The van der Waals surface area contributed by atoms with E-state index in [1.54, 1.807) is 0 Å². The van der Waals surface area contributed by atoms with Gasteiger partial charge in [0.1, 0.15) is 0 Å². The van der Waals surface area contributed by atoms with Crippen LogP contribution in [0.2, 0.25) is 0 Å². The number of non-ortho nitro benzene ring substituents is 1. The molecule has 1 aromatic carbocycles. The molecule has 13 heavy (non-hydrogen) atoms. The Morgan fingerprint density at radius 1 is 1.38 bits per heavy atom. The molecule has 0 spiro atoms. The largest absolute Gasteiger partial charge is 0.488 e. The molecule has 0 saturated carbocycles. The van der Waals surface area contributed by atoms with E-state index in [4.69, 9.17) is 10.0 Å². The number of halogens is 1. The second kappa shape index (κ2) is 4.81. The third-order valence-corrected chi connectivity index (χ3v) is 1.38. The van der Waals surface area contributed by atoms with Crippen LogP contribution in [0, 0.1) is 10.1 Å². The van der Waals surface area contributed by atoms with Crippen LogP contribution in [0.1, 0.15) is 0 Å². The maximum Gasteiger partial charge on any atom is 0.488 e. The fraction of sp³-hybridized carbons (Fsp3) is 0. The molecule has 5 nitrogen and oxygen atoms in total. The standard InChI is InChI=1S/C6H6BNO4.ClH/c9-7(10)5-2-1-3-6(4-5)8(11)12;/h1-4,9-10H;1H. The van der Waals surface area contributed by atoms with Gasteiger partial charge in [-0.05, 0) is 5.46 Å². The molecule has 0 aliphatic heterocycles. The summed E-state index contributed by atoms with van der Waals surface area (Å²) in [5.41, 5.74) is -0.0372. The minimum Gasteiger partial charge on any atom is -0.423 e. The first-order valence-electron chi connectivity index (χ1n) is 3.22. The van der Waals surface area contributed by atoms with Crippen molar-refractivity contribution in [2.24, 2.45) is 0 Å². The van der Waals surface area contributed by atoms with Crippen LogP contribution in [-0.2, 0) is 0 Å². The van der Waals surface area contributed by atoms with Gasteiger partial charge in [-0.25, -0.2) is 0 Å². The molecule has 2 N–H and O–H groups in total. The Morgan fingerprint density at radius 2 is 2.00 bits per heavy atom. The highest BCUT2D eigenvalue weighted by Gasteiger charge is 2.14. The van der Waals surface area contributed by atoms with Crippen molar-refractivity contribution in [3.63, 3.8) is 0 Å². The predicted molar refractivity (Wildman–Crippen MR) is 50.2 cm³/mol. The molecule has 0 bridgehead atoms. The van der Waals surface area contributed by atoms with Gasteiger partial charge in [0.25, 0.3) is 5.69 Å². The first-order chi connectivity index (χ1) is 5.61. The molecule has 0 amide bonds. The molecule has 0 fully saturated rings. The summed E-state index contributed by atoms with van der Waals surface area (Å²) in [6, 6.07) is 5.20.